The molecule has 1 aromatic heterocycles. The van der Waals surface area contributed by atoms with Gasteiger partial charge < -0.3 is 5.11 Å². The van der Waals surface area contributed by atoms with E-state index in [1.165, 1.54) is 18.3 Å². The van der Waals surface area contributed by atoms with E-state index in [1.54, 1.807) is 0 Å². The van der Waals surface area contributed by atoms with E-state index < -0.39 is 16.1 Å². The second kappa shape index (κ2) is 6.17. The van der Waals surface area contributed by atoms with Gasteiger partial charge in [0.2, 0.25) is 10.0 Å². The minimum atomic E-state index is -3.63. The van der Waals surface area contributed by atoms with Gasteiger partial charge in [-0.2, -0.15) is 0 Å². The molecular weight excluding hydrogens is 288 g/mol. The summed E-state index contributed by atoms with van der Waals surface area (Å²) in [6.45, 7) is 0.0373. The fourth-order valence-electron chi connectivity index (χ4n) is 2.31. The second-order valence-electron chi connectivity index (χ2n) is 4.78. The Kier molecular flexibility index (Phi) is 4.78. The van der Waals surface area contributed by atoms with E-state index in [9.17, 15) is 13.5 Å². The first-order valence-electron chi connectivity index (χ1n) is 6.28. The van der Waals surface area contributed by atoms with E-state index in [0.29, 0.717) is 0 Å². The van der Waals surface area contributed by atoms with Gasteiger partial charge in [0.1, 0.15) is 10.0 Å². The highest BCUT2D eigenvalue weighted by Gasteiger charge is 2.25. The molecule has 7 heteroatoms. The summed E-state index contributed by atoms with van der Waals surface area (Å²) in [5.74, 6) is 0.200. The topological polar surface area (TPSA) is 79.3 Å². The lowest BCUT2D eigenvalue weighted by atomic mass is 10.0. The molecule has 5 nitrogen and oxygen atoms in total. The minimum absolute atomic E-state index is 0.0373. The molecule has 0 radical (unpaired) electrons. The van der Waals surface area contributed by atoms with Crippen LogP contribution in [0.25, 0.3) is 0 Å². The van der Waals surface area contributed by atoms with Gasteiger partial charge >= 0.3 is 0 Å². The lowest BCUT2D eigenvalue weighted by Crippen LogP contribution is -2.35. The smallest absolute Gasteiger partial charge is 0.242 e. The third-order valence-corrected chi connectivity index (χ3v) is 5.07. The normalized spacial score (nSPS) is 18.6. The standard InChI is InChI=1S/C12H17ClN2O3S/c13-12-6-5-10(7-14-12)19(17,18)15-8-11(16)9-3-1-2-4-9/h5-7,9,11,15-16H,1-4,8H2. The highest BCUT2D eigenvalue weighted by Crippen LogP contribution is 2.27. The average molecular weight is 305 g/mol. The van der Waals surface area contributed by atoms with Gasteiger partial charge in [-0.3, -0.25) is 0 Å². The van der Waals surface area contributed by atoms with Gasteiger partial charge in [-0.1, -0.05) is 24.4 Å². The first kappa shape index (κ1) is 14.7. The zero-order valence-electron chi connectivity index (χ0n) is 10.4. The van der Waals surface area contributed by atoms with Gasteiger partial charge in [0.05, 0.1) is 6.10 Å². The van der Waals surface area contributed by atoms with E-state index in [-0.39, 0.29) is 22.5 Å². The maximum atomic E-state index is 12.0. The molecule has 19 heavy (non-hydrogen) atoms. The Bertz CT molecular complexity index is 512. The number of aliphatic hydroxyl groups is 1. The van der Waals surface area contributed by atoms with Crippen LogP contribution in [-0.2, 0) is 10.0 Å². The number of aromatic nitrogens is 1. The molecule has 1 heterocycles. The molecule has 0 aromatic carbocycles. The number of nitrogens with one attached hydrogen (secondary N) is 1. The van der Waals surface area contributed by atoms with Crippen molar-refractivity contribution >= 4 is 21.6 Å². The lowest BCUT2D eigenvalue weighted by molar-refractivity contribution is 0.115. The van der Waals surface area contributed by atoms with E-state index in [0.717, 1.165) is 25.7 Å². The molecule has 0 aliphatic heterocycles. The quantitative estimate of drug-likeness (QED) is 0.809. The van der Waals surface area contributed by atoms with E-state index in [1.807, 2.05) is 0 Å². The number of pyridine rings is 1. The summed E-state index contributed by atoms with van der Waals surface area (Å²) in [6, 6.07) is 2.81. The summed E-state index contributed by atoms with van der Waals surface area (Å²) in [4.78, 5) is 3.79. The molecule has 0 spiro atoms. The van der Waals surface area contributed by atoms with Crippen molar-refractivity contribution in [1.82, 2.24) is 9.71 Å². The molecule has 1 aliphatic carbocycles. The Morgan fingerprint density at radius 1 is 1.42 bits per heavy atom. The van der Waals surface area contributed by atoms with Crippen molar-refractivity contribution < 1.29 is 13.5 Å². The predicted molar refractivity (Wildman–Crippen MR) is 72.4 cm³/mol. The van der Waals surface area contributed by atoms with Gasteiger partial charge in [-0.15, -0.1) is 0 Å². The van der Waals surface area contributed by atoms with Crippen LogP contribution in [0.5, 0.6) is 0 Å². The maximum Gasteiger partial charge on any atom is 0.242 e. The molecule has 1 saturated carbocycles. The fraction of sp³-hybridized carbons (Fsp3) is 0.583. The molecule has 1 fully saturated rings. The molecule has 1 atom stereocenters. The van der Waals surface area contributed by atoms with Crippen LogP contribution in [0, 0.1) is 5.92 Å². The predicted octanol–water partition coefficient (Wildman–Crippen LogP) is 1.56. The van der Waals surface area contributed by atoms with Crippen LogP contribution in [-0.4, -0.2) is 31.2 Å². The highest BCUT2D eigenvalue weighted by atomic mass is 35.5. The molecule has 2 N–H and O–H groups in total. The van der Waals surface area contributed by atoms with E-state index in [2.05, 4.69) is 9.71 Å². The van der Waals surface area contributed by atoms with E-state index >= 15 is 0 Å². The van der Waals surface area contributed by atoms with Gasteiger partial charge in [-0.05, 0) is 30.9 Å². The Morgan fingerprint density at radius 2 is 2.11 bits per heavy atom. The summed E-state index contributed by atoms with van der Waals surface area (Å²) >= 11 is 5.61. The molecule has 106 valence electrons. The van der Waals surface area contributed by atoms with Crippen molar-refractivity contribution in [2.75, 3.05) is 6.54 Å². The highest BCUT2D eigenvalue weighted by molar-refractivity contribution is 7.89. The van der Waals surface area contributed by atoms with Crippen molar-refractivity contribution in [2.24, 2.45) is 5.92 Å². The van der Waals surface area contributed by atoms with Crippen LogP contribution in [0.15, 0.2) is 23.2 Å². The zero-order chi connectivity index (χ0) is 13.9. The largest absolute Gasteiger partial charge is 0.391 e. The number of nitrogens with zero attached hydrogens (tertiary/aromatic N) is 1. The van der Waals surface area contributed by atoms with Gasteiger partial charge in [-0.25, -0.2) is 18.1 Å². The number of rotatable bonds is 5. The Labute approximate surface area is 118 Å². The van der Waals surface area contributed by atoms with Crippen molar-refractivity contribution in [1.29, 1.82) is 0 Å². The summed E-state index contributed by atoms with van der Waals surface area (Å²) in [7, 11) is -3.63. The summed E-state index contributed by atoms with van der Waals surface area (Å²) in [5, 5.41) is 10.2. The number of sulfonamides is 1. The number of hydrogen-bond donors (Lipinski definition) is 2. The maximum absolute atomic E-state index is 12.0. The second-order valence-corrected chi connectivity index (χ2v) is 6.93. The average Bonchev–Trinajstić information content (AvgIpc) is 2.90. The molecule has 1 aromatic rings. The van der Waals surface area contributed by atoms with Crippen molar-refractivity contribution in [3.63, 3.8) is 0 Å². The number of aliphatic hydroxyl groups excluding tert-OH is 1. The number of hydrogen-bond acceptors (Lipinski definition) is 4. The lowest BCUT2D eigenvalue weighted by Gasteiger charge is -2.18. The van der Waals surface area contributed by atoms with Gasteiger partial charge in [0.15, 0.2) is 0 Å². The van der Waals surface area contributed by atoms with Crippen LogP contribution < -0.4 is 4.72 Å². The van der Waals surface area contributed by atoms with Crippen molar-refractivity contribution in [3.05, 3.63) is 23.5 Å². The first-order chi connectivity index (χ1) is 8.99. The van der Waals surface area contributed by atoms with Gasteiger partial charge in [0, 0.05) is 12.7 Å². The Balaban J connectivity index is 1.95. The molecule has 2 rings (SSSR count). The van der Waals surface area contributed by atoms with Crippen molar-refractivity contribution in [3.8, 4) is 0 Å². The summed E-state index contributed by atoms with van der Waals surface area (Å²) < 4.78 is 26.3. The molecule has 0 saturated heterocycles. The number of halogens is 1. The van der Waals surface area contributed by atoms with Crippen LogP contribution >= 0.6 is 11.6 Å². The SMILES string of the molecule is O=S(=O)(NCC(O)C1CCCC1)c1ccc(Cl)nc1. The third kappa shape index (κ3) is 3.89. The summed E-state index contributed by atoms with van der Waals surface area (Å²) in [5.41, 5.74) is 0. The molecule has 0 bridgehead atoms. The Morgan fingerprint density at radius 3 is 2.68 bits per heavy atom. The molecule has 1 unspecified atom stereocenters. The zero-order valence-corrected chi connectivity index (χ0v) is 12.0. The Hall–Kier alpha value is -0.690. The van der Waals surface area contributed by atoms with Crippen LogP contribution in [0.3, 0.4) is 0 Å². The van der Waals surface area contributed by atoms with Crippen molar-refractivity contribution in [2.45, 2.75) is 36.7 Å². The van der Waals surface area contributed by atoms with Crippen LogP contribution in [0.2, 0.25) is 5.15 Å². The van der Waals surface area contributed by atoms with E-state index in [4.69, 9.17) is 11.6 Å². The third-order valence-electron chi connectivity index (χ3n) is 3.44. The molecule has 1 aliphatic rings. The fourth-order valence-corrected chi connectivity index (χ4v) is 3.42. The first-order valence-corrected chi connectivity index (χ1v) is 8.14. The summed E-state index contributed by atoms with van der Waals surface area (Å²) in [6.07, 6.45) is 4.71. The van der Waals surface area contributed by atoms with Crippen LogP contribution in [0.4, 0.5) is 0 Å². The molecule has 0 amide bonds. The minimum Gasteiger partial charge on any atom is -0.391 e. The molecular formula is C12H17ClN2O3S. The van der Waals surface area contributed by atoms with Gasteiger partial charge in [0.25, 0.3) is 0 Å². The van der Waals surface area contributed by atoms with Crippen LogP contribution in [0.1, 0.15) is 25.7 Å². The monoisotopic (exact) mass is 304 g/mol.